The number of ether oxygens (including phenoxy) is 1. The van der Waals surface area contributed by atoms with Crippen molar-refractivity contribution in [3.63, 3.8) is 0 Å². The van der Waals surface area contributed by atoms with Crippen molar-refractivity contribution >= 4 is 40.7 Å². The number of thioether (sulfide) groups is 1. The number of thiocarbonyl (C=S) groups is 1. The number of hydrogen-bond acceptors (Lipinski definition) is 4. The maximum atomic E-state index is 11.6. The average Bonchev–Trinajstić information content (AvgIpc) is 2.65. The number of benzene rings is 2. The third kappa shape index (κ3) is 4.43. The van der Waals surface area contributed by atoms with Crippen molar-refractivity contribution in [3.8, 4) is 5.75 Å². The first-order chi connectivity index (χ1) is 12.1. The molecule has 0 fully saturated rings. The van der Waals surface area contributed by atoms with Gasteiger partial charge in [-0.25, -0.2) is 0 Å². The Labute approximate surface area is 156 Å². The second-order valence-electron chi connectivity index (χ2n) is 5.48. The van der Waals surface area contributed by atoms with E-state index in [1.807, 2.05) is 47.4 Å². The van der Waals surface area contributed by atoms with E-state index in [0.717, 1.165) is 18.0 Å². The largest absolute Gasteiger partial charge is 0.477 e. The fraction of sp³-hybridized carbons (Fsp3) is 0.222. The summed E-state index contributed by atoms with van der Waals surface area (Å²) in [6, 6.07) is 17.7. The number of anilines is 1. The number of nitrogens with one attached hydrogen (secondary N) is 1. The standard InChI is InChI=1S/C18H19N3O2S2/c19-17(22)16-12-21(14-8-4-5-9-15(14)23-16)18(24)20-10-11-25-13-6-2-1-3-7-13/h1-9,16H,10-12H2,(H2,19,22)(H,20,24)/t16-/m1/s1. The predicted molar refractivity (Wildman–Crippen MR) is 105 cm³/mol. The van der Waals surface area contributed by atoms with E-state index in [1.54, 1.807) is 11.8 Å². The quantitative estimate of drug-likeness (QED) is 0.477. The van der Waals surface area contributed by atoms with Crippen LogP contribution in [-0.2, 0) is 4.79 Å². The summed E-state index contributed by atoms with van der Waals surface area (Å²) in [4.78, 5) is 14.6. The fourth-order valence-electron chi connectivity index (χ4n) is 2.51. The Hall–Kier alpha value is -2.25. The molecule has 0 bridgehead atoms. The molecule has 2 aromatic carbocycles. The van der Waals surface area contributed by atoms with Crippen molar-refractivity contribution in [1.29, 1.82) is 0 Å². The molecule has 3 N–H and O–H groups in total. The van der Waals surface area contributed by atoms with E-state index in [2.05, 4.69) is 17.4 Å². The number of nitrogens with two attached hydrogens (primary N) is 1. The minimum atomic E-state index is -0.714. The third-order valence-electron chi connectivity index (χ3n) is 3.73. The maximum absolute atomic E-state index is 11.6. The Morgan fingerprint density at radius 3 is 2.72 bits per heavy atom. The Bertz CT molecular complexity index is 755. The zero-order chi connectivity index (χ0) is 17.6. The summed E-state index contributed by atoms with van der Waals surface area (Å²) in [6.07, 6.45) is -0.714. The molecule has 7 heteroatoms. The summed E-state index contributed by atoms with van der Waals surface area (Å²) < 4.78 is 5.65. The molecule has 1 aliphatic heterocycles. The Balaban J connectivity index is 1.60. The van der Waals surface area contributed by atoms with Crippen LogP contribution in [0, 0.1) is 0 Å². The van der Waals surface area contributed by atoms with Crippen molar-refractivity contribution < 1.29 is 9.53 Å². The fourth-order valence-corrected chi connectivity index (χ4v) is 3.58. The highest BCUT2D eigenvalue weighted by Gasteiger charge is 2.30. The molecular weight excluding hydrogens is 354 g/mol. The monoisotopic (exact) mass is 373 g/mol. The van der Waals surface area contributed by atoms with Crippen LogP contribution in [0.3, 0.4) is 0 Å². The highest BCUT2D eigenvalue weighted by atomic mass is 32.2. The van der Waals surface area contributed by atoms with Gasteiger partial charge in [-0.1, -0.05) is 30.3 Å². The van der Waals surface area contributed by atoms with Crippen molar-refractivity contribution in [3.05, 3.63) is 54.6 Å². The number of fused-ring (bicyclic) bond motifs is 1. The van der Waals surface area contributed by atoms with Crippen molar-refractivity contribution in [1.82, 2.24) is 5.32 Å². The highest BCUT2D eigenvalue weighted by molar-refractivity contribution is 7.99. The van der Waals surface area contributed by atoms with E-state index in [-0.39, 0.29) is 0 Å². The minimum Gasteiger partial charge on any atom is -0.477 e. The lowest BCUT2D eigenvalue weighted by Crippen LogP contribution is -2.52. The van der Waals surface area contributed by atoms with Gasteiger partial charge in [0.1, 0.15) is 5.75 Å². The van der Waals surface area contributed by atoms with E-state index < -0.39 is 12.0 Å². The maximum Gasteiger partial charge on any atom is 0.260 e. The summed E-state index contributed by atoms with van der Waals surface area (Å²) in [5, 5.41) is 3.82. The molecule has 0 saturated heterocycles. The lowest BCUT2D eigenvalue weighted by Gasteiger charge is -2.35. The number of carbonyl (C=O) groups is 1. The second-order valence-corrected chi connectivity index (χ2v) is 7.04. The summed E-state index contributed by atoms with van der Waals surface area (Å²) in [7, 11) is 0. The zero-order valence-electron chi connectivity index (χ0n) is 13.6. The summed E-state index contributed by atoms with van der Waals surface area (Å²) in [6.45, 7) is 1.03. The topological polar surface area (TPSA) is 67.6 Å². The van der Waals surface area contributed by atoms with Crippen LogP contribution in [0.5, 0.6) is 5.75 Å². The molecule has 3 rings (SSSR count). The summed E-state index contributed by atoms with van der Waals surface area (Å²) in [5.41, 5.74) is 6.26. The summed E-state index contributed by atoms with van der Waals surface area (Å²) >= 11 is 7.28. The lowest BCUT2D eigenvalue weighted by molar-refractivity contribution is -0.124. The van der Waals surface area contributed by atoms with Gasteiger partial charge in [-0.15, -0.1) is 11.8 Å². The van der Waals surface area contributed by atoms with Crippen LogP contribution in [0.4, 0.5) is 5.69 Å². The summed E-state index contributed by atoms with van der Waals surface area (Å²) in [5.74, 6) is 0.998. The molecule has 2 aromatic rings. The number of hydrogen-bond donors (Lipinski definition) is 2. The molecule has 1 amide bonds. The minimum absolute atomic E-state index is 0.310. The first-order valence-corrected chi connectivity index (χ1v) is 9.33. The van der Waals surface area contributed by atoms with Gasteiger partial charge in [0.2, 0.25) is 0 Å². The first-order valence-electron chi connectivity index (χ1n) is 7.93. The highest BCUT2D eigenvalue weighted by Crippen LogP contribution is 2.33. The third-order valence-corrected chi connectivity index (χ3v) is 5.10. The lowest BCUT2D eigenvalue weighted by atomic mass is 10.2. The molecule has 5 nitrogen and oxygen atoms in total. The number of para-hydroxylation sites is 2. The zero-order valence-corrected chi connectivity index (χ0v) is 15.2. The van der Waals surface area contributed by atoms with Gasteiger partial charge in [-0.2, -0.15) is 0 Å². The van der Waals surface area contributed by atoms with Crippen LogP contribution in [0.2, 0.25) is 0 Å². The smallest absolute Gasteiger partial charge is 0.260 e. The molecule has 130 valence electrons. The predicted octanol–water partition coefficient (Wildman–Crippen LogP) is 2.41. The van der Waals surface area contributed by atoms with Crippen LogP contribution >= 0.6 is 24.0 Å². The molecule has 25 heavy (non-hydrogen) atoms. The van der Waals surface area contributed by atoms with Crippen LogP contribution in [0.25, 0.3) is 0 Å². The number of carbonyl (C=O) groups excluding carboxylic acids is 1. The molecule has 0 radical (unpaired) electrons. The van der Waals surface area contributed by atoms with Crippen LogP contribution in [0.1, 0.15) is 0 Å². The van der Waals surface area contributed by atoms with Crippen molar-refractivity contribution in [2.45, 2.75) is 11.0 Å². The molecule has 0 aromatic heterocycles. The molecule has 0 unspecified atom stereocenters. The number of primary amides is 1. The van der Waals surface area contributed by atoms with Crippen LogP contribution < -0.4 is 20.7 Å². The van der Waals surface area contributed by atoms with E-state index >= 15 is 0 Å². The van der Waals surface area contributed by atoms with Gasteiger partial charge in [-0.05, 0) is 36.5 Å². The van der Waals surface area contributed by atoms with E-state index in [0.29, 0.717) is 17.4 Å². The SMILES string of the molecule is NC(=O)[C@H]1CN(C(=S)NCCSc2ccccc2)c2ccccc2O1. The van der Waals surface area contributed by atoms with E-state index in [1.165, 1.54) is 4.90 Å². The van der Waals surface area contributed by atoms with Gasteiger partial charge >= 0.3 is 0 Å². The Morgan fingerprint density at radius 1 is 1.24 bits per heavy atom. The molecular formula is C18H19N3O2S2. The van der Waals surface area contributed by atoms with Gasteiger partial charge in [0, 0.05) is 17.2 Å². The van der Waals surface area contributed by atoms with Crippen molar-refractivity contribution in [2.24, 2.45) is 5.73 Å². The van der Waals surface area contributed by atoms with E-state index in [4.69, 9.17) is 22.7 Å². The van der Waals surface area contributed by atoms with Crippen LogP contribution in [-0.4, -0.2) is 36.0 Å². The molecule has 0 saturated carbocycles. The Morgan fingerprint density at radius 2 is 1.96 bits per heavy atom. The first kappa shape index (κ1) is 17.6. The van der Waals surface area contributed by atoms with Crippen molar-refractivity contribution in [2.75, 3.05) is 23.7 Å². The normalized spacial score (nSPS) is 15.8. The Kier molecular flexibility index (Phi) is 5.78. The molecule has 1 aliphatic rings. The molecule has 0 spiro atoms. The van der Waals surface area contributed by atoms with Gasteiger partial charge in [0.25, 0.3) is 5.91 Å². The molecule has 0 aliphatic carbocycles. The number of nitrogens with zero attached hydrogens (tertiary/aromatic N) is 1. The van der Waals surface area contributed by atoms with E-state index in [9.17, 15) is 4.79 Å². The van der Waals surface area contributed by atoms with Gasteiger partial charge in [-0.3, -0.25) is 4.79 Å². The number of rotatable bonds is 5. The average molecular weight is 374 g/mol. The number of amides is 1. The van der Waals surface area contributed by atoms with Crippen LogP contribution in [0.15, 0.2) is 59.5 Å². The second kappa shape index (κ2) is 8.22. The van der Waals surface area contributed by atoms with Gasteiger partial charge < -0.3 is 20.7 Å². The van der Waals surface area contributed by atoms with Gasteiger partial charge in [0.05, 0.1) is 12.2 Å². The molecule has 1 atom stereocenters. The van der Waals surface area contributed by atoms with Gasteiger partial charge in [0.15, 0.2) is 11.2 Å². The molecule has 1 heterocycles.